The monoisotopic (exact) mass is 555 g/mol. The fraction of sp³-hybridized carbons (Fsp3) is 0.387. The number of nitrogens with one attached hydrogen (secondary N) is 1. The van der Waals surface area contributed by atoms with Crippen LogP contribution < -0.4 is 5.32 Å². The summed E-state index contributed by atoms with van der Waals surface area (Å²) in [5, 5.41) is 7.51. The number of hydrogen-bond donors (Lipinski definition) is 1. The SMILES string of the molecule is CC(=O)CC1(CNc2ccc3c(n2)sc2nc(-c4ccc(CC(=O)Cc5cc(C(C)(C)C)on5)cc4)cn23)CC1. The van der Waals surface area contributed by atoms with Gasteiger partial charge in [0.15, 0.2) is 4.96 Å². The zero-order valence-electron chi connectivity index (χ0n) is 23.3. The van der Waals surface area contributed by atoms with Crippen molar-refractivity contribution < 1.29 is 14.1 Å². The van der Waals surface area contributed by atoms with Crippen molar-refractivity contribution in [1.82, 2.24) is 19.5 Å². The second-order valence-corrected chi connectivity index (χ2v) is 13.1. The number of anilines is 1. The van der Waals surface area contributed by atoms with Gasteiger partial charge in [0.25, 0.3) is 0 Å². The van der Waals surface area contributed by atoms with Gasteiger partial charge in [-0.15, -0.1) is 0 Å². The number of pyridine rings is 1. The third-order valence-corrected chi connectivity index (χ3v) is 8.48. The van der Waals surface area contributed by atoms with E-state index in [0.717, 1.165) is 63.1 Å². The number of imidazole rings is 1. The Morgan fingerprint density at radius 3 is 2.52 bits per heavy atom. The number of benzene rings is 1. The van der Waals surface area contributed by atoms with Crippen LogP contribution >= 0.6 is 11.3 Å². The lowest BCUT2D eigenvalue weighted by atomic mass is 9.93. The molecule has 5 aromatic rings. The highest BCUT2D eigenvalue weighted by Crippen LogP contribution is 2.48. The molecule has 6 rings (SSSR count). The number of carbonyl (C=O) groups excluding carboxylic acids is 2. The molecule has 206 valence electrons. The summed E-state index contributed by atoms with van der Waals surface area (Å²) in [4.78, 5) is 35.7. The maximum absolute atomic E-state index is 12.6. The van der Waals surface area contributed by atoms with Crippen molar-refractivity contribution >= 4 is 44.0 Å². The molecule has 8 nitrogen and oxygen atoms in total. The summed E-state index contributed by atoms with van der Waals surface area (Å²) in [7, 11) is 0. The zero-order chi connectivity index (χ0) is 28.1. The molecule has 0 aliphatic heterocycles. The Morgan fingerprint density at radius 2 is 1.85 bits per heavy atom. The van der Waals surface area contributed by atoms with E-state index in [1.54, 1.807) is 18.3 Å². The Bertz CT molecular complexity index is 1720. The molecule has 1 aliphatic carbocycles. The third kappa shape index (κ3) is 5.56. The maximum Gasteiger partial charge on any atom is 0.196 e. The molecular weight excluding hydrogens is 522 g/mol. The first kappa shape index (κ1) is 26.4. The van der Waals surface area contributed by atoms with E-state index >= 15 is 0 Å². The summed E-state index contributed by atoms with van der Waals surface area (Å²) in [6.45, 7) is 8.61. The largest absolute Gasteiger partial charge is 0.369 e. The van der Waals surface area contributed by atoms with Crippen LogP contribution in [0.4, 0.5) is 5.82 Å². The minimum atomic E-state index is -0.133. The molecule has 0 radical (unpaired) electrons. The molecule has 0 unspecified atom stereocenters. The van der Waals surface area contributed by atoms with Crippen LogP contribution in [0.15, 0.2) is 53.2 Å². The smallest absolute Gasteiger partial charge is 0.196 e. The number of aromatic nitrogens is 4. The number of nitrogens with zero attached hydrogens (tertiary/aromatic N) is 4. The summed E-state index contributed by atoms with van der Waals surface area (Å²) >= 11 is 1.55. The van der Waals surface area contributed by atoms with E-state index in [-0.39, 0.29) is 28.8 Å². The van der Waals surface area contributed by atoms with Crippen molar-refractivity contribution in [2.75, 3.05) is 11.9 Å². The predicted octanol–water partition coefficient (Wildman–Crippen LogP) is 6.42. The predicted molar refractivity (Wildman–Crippen MR) is 157 cm³/mol. The summed E-state index contributed by atoms with van der Waals surface area (Å²) in [5.74, 6) is 1.96. The van der Waals surface area contributed by atoms with E-state index in [1.807, 2.05) is 42.6 Å². The van der Waals surface area contributed by atoms with E-state index in [4.69, 9.17) is 14.5 Å². The highest BCUT2D eigenvalue weighted by molar-refractivity contribution is 7.23. The molecule has 9 heteroatoms. The lowest BCUT2D eigenvalue weighted by molar-refractivity contribution is -0.118. The van der Waals surface area contributed by atoms with Gasteiger partial charge in [0.1, 0.15) is 28.0 Å². The number of thiazole rings is 1. The fourth-order valence-corrected chi connectivity index (χ4v) is 6.04. The lowest BCUT2D eigenvalue weighted by Gasteiger charge is -2.14. The summed E-state index contributed by atoms with van der Waals surface area (Å²) in [6.07, 6.45) is 5.46. The molecule has 4 heterocycles. The first-order valence-corrected chi connectivity index (χ1v) is 14.5. The average molecular weight is 556 g/mol. The molecule has 0 atom stereocenters. The van der Waals surface area contributed by atoms with Gasteiger partial charge in [0.2, 0.25) is 0 Å². The van der Waals surface area contributed by atoms with Gasteiger partial charge in [-0.2, -0.15) is 0 Å². The van der Waals surface area contributed by atoms with Crippen LogP contribution in [0.2, 0.25) is 0 Å². The second kappa shape index (κ2) is 9.96. The molecule has 0 spiro atoms. The minimum Gasteiger partial charge on any atom is -0.369 e. The van der Waals surface area contributed by atoms with Crippen LogP contribution in [0, 0.1) is 5.41 Å². The summed E-state index contributed by atoms with van der Waals surface area (Å²) in [6, 6.07) is 13.9. The first-order valence-electron chi connectivity index (χ1n) is 13.7. The standard InChI is InChI=1S/C31H33N5O3S/c1-19(37)16-31(11-12-31)18-32-27-10-9-25-28(34-27)40-29-33-24(17-36(25)29)21-7-5-20(6-8-21)13-23(38)14-22-15-26(39-35-22)30(2,3)4/h5-10,15,17H,11-14,16,18H2,1-4H3,(H,32,34). The van der Waals surface area contributed by atoms with E-state index < -0.39 is 0 Å². The van der Waals surface area contributed by atoms with E-state index in [0.29, 0.717) is 18.5 Å². The Hall–Kier alpha value is -3.85. The van der Waals surface area contributed by atoms with E-state index in [9.17, 15) is 9.59 Å². The number of carbonyl (C=O) groups is 2. The van der Waals surface area contributed by atoms with Crippen LogP contribution in [0.3, 0.4) is 0 Å². The highest BCUT2D eigenvalue weighted by atomic mass is 32.1. The lowest BCUT2D eigenvalue weighted by Crippen LogP contribution is -2.18. The summed E-state index contributed by atoms with van der Waals surface area (Å²) in [5.41, 5.74) is 4.50. The van der Waals surface area contributed by atoms with Gasteiger partial charge in [-0.25, -0.2) is 9.97 Å². The molecule has 0 amide bonds. The molecule has 1 saturated carbocycles. The highest BCUT2D eigenvalue weighted by Gasteiger charge is 2.43. The van der Waals surface area contributed by atoms with Gasteiger partial charge in [0, 0.05) is 42.6 Å². The Labute approximate surface area is 236 Å². The van der Waals surface area contributed by atoms with Gasteiger partial charge in [-0.1, -0.05) is 61.5 Å². The topological polar surface area (TPSA) is 102 Å². The fourth-order valence-electron chi connectivity index (χ4n) is 5.06. The maximum atomic E-state index is 12.6. The number of Topliss-reactive ketones (excluding diaryl/α,β-unsaturated/α-hetero) is 2. The Kier molecular flexibility index (Phi) is 6.57. The second-order valence-electron chi connectivity index (χ2n) is 12.2. The molecule has 1 N–H and O–H groups in total. The van der Waals surface area contributed by atoms with Gasteiger partial charge >= 0.3 is 0 Å². The summed E-state index contributed by atoms with van der Waals surface area (Å²) < 4.78 is 7.48. The van der Waals surface area contributed by atoms with Crippen molar-refractivity contribution in [2.24, 2.45) is 5.41 Å². The van der Waals surface area contributed by atoms with Gasteiger partial charge in [0.05, 0.1) is 23.3 Å². The molecule has 0 bridgehead atoms. The first-order chi connectivity index (χ1) is 19.1. The number of rotatable bonds is 10. The van der Waals surface area contributed by atoms with Crippen LogP contribution in [0.25, 0.3) is 26.6 Å². The molecular formula is C31H33N5O3S. The van der Waals surface area contributed by atoms with Gasteiger partial charge in [-0.05, 0) is 42.9 Å². The van der Waals surface area contributed by atoms with Crippen molar-refractivity contribution in [3.63, 3.8) is 0 Å². The van der Waals surface area contributed by atoms with Crippen molar-refractivity contribution in [1.29, 1.82) is 0 Å². The zero-order valence-corrected chi connectivity index (χ0v) is 24.1. The van der Waals surface area contributed by atoms with E-state index in [2.05, 4.69) is 41.7 Å². The average Bonchev–Trinajstić information content (AvgIpc) is 3.20. The number of fused-ring (bicyclic) bond motifs is 3. The third-order valence-electron chi connectivity index (χ3n) is 7.51. The number of hydrogen-bond acceptors (Lipinski definition) is 8. The van der Waals surface area contributed by atoms with Crippen molar-refractivity contribution in [3.8, 4) is 11.3 Å². The molecule has 1 fully saturated rings. The minimum absolute atomic E-state index is 0.1000. The normalized spacial score (nSPS) is 14.6. The van der Waals surface area contributed by atoms with Crippen LogP contribution in [0.1, 0.15) is 64.0 Å². The molecule has 1 aliphatic rings. The van der Waals surface area contributed by atoms with E-state index in [1.165, 1.54) is 0 Å². The van der Waals surface area contributed by atoms with Crippen LogP contribution in [0.5, 0.6) is 0 Å². The Morgan fingerprint density at radius 1 is 1.07 bits per heavy atom. The molecule has 40 heavy (non-hydrogen) atoms. The van der Waals surface area contributed by atoms with Gasteiger partial charge in [-0.3, -0.25) is 9.20 Å². The molecule has 1 aromatic carbocycles. The molecule has 0 saturated heterocycles. The quantitative estimate of drug-likeness (QED) is 0.212. The Balaban J connectivity index is 1.11. The molecule has 4 aromatic heterocycles. The van der Waals surface area contributed by atoms with Gasteiger partial charge < -0.3 is 14.6 Å². The van der Waals surface area contributed by atoms with Crippen LogP contribution in [-0.2, 0) is 27.8 Å². The van der Waals surface area contributed by atoms with Crippen LogP contribution in [-0.4, -0.2) is 37.6 Å². The van der Waals surface area contributed by atoms with Crippen molar-refractivity contribution in [3.05, 3.63) is 65.7 Å². The number of ketones is 2. The van der Waals surface area contributed by atoms with Crippen molar-refractivity contribution in [2.45, 2.75) is 65.2 Å².